The first-order valence-electron chi connectivity index (χ1n) is 25.1. The molecule has 2 fully saturated rings. The molecule has 9 rings (SSSR count). The third-order valence-corrected chi connectivity index (χ3v) is 14.2. The number of piperidine rings is 1. The number of allylic oxidation sites excluding steroid dienone is 4. The van der Waals surface area contributed by atoms with Crippen molar-refractivity contribution in [3.8, 4) is 22.3 Å². The average molecular weight is 1080 g/mol. The number of hydrogen-bond donors (Lipinski definition) is 5. The number of furan rings is 2. The van der Waals surface area contributed by atoms with E-state index in [0.717, 1.165) is 49.7 Å². The van der Waals surface area contributed by atoms with Gasteiger partial charge in [0.1, 0.15) is 29.4 Å². The zero-order valence-electron chi connectivity index (χ0n) is 42.7. The van der Waals surface area contributed by atoms with Crippen molar-refractivity contribution < 1.29 is 33.2 Å². The number of pyridine rings is 1. The molecule has 0 aliphatic carbocycles. The molecular weight excluding hydrogens is 1020 g/mol. The van der Waals surface area contributed by atoms with Gasteiger partial charge in [-0.15, -0.1) is 0 Å². The molecule has 0 saturated carbocycles. The van der Waals surface area contributed by atoms with Crippen LogP contribution in [-0.2, 0) is 27.5 Å². The molecular formula is C59H59Cl2N9O7. The van der Waals surface area contributed by atoms with Crippen LogP contribution in [0, 0.1) is 0 Å². The van der Waals surface area contributed by atoms with Crippen LogP contribution in [0.25, 0.3) is 50.3 Å². The van der Waals surface area contributed by atoms with Gasteiger partial charge in [0.15, 0.2) is 11.2 Å². The van der Waals surface area contributed by atoms with Gasteiger partial charge in [0, 0.05) is 74.0 Å². The van der Waals surface area contributed by atoms with Crippen LogP contribution in [0.1, 0.15) is 65.9 Å². The fourth-order valence-corrected chi connectivity index (χ4v) is 9.72. The van der Waals surface area contributed by atoms with Gasteiger partial charge >= 0.3 is 0 Å². The van der Waals surface area contributed by atoms with Gasteiger partial charge in [-0.25, -0.2) is 9.98 Å². The lowest BCUT2D eigenvalue weighted by molar-refractivity contribution is -0.266. The van der Waals surface area contributed by atoms with Crippen LogP contribution in [0.4, 0.5) is 5.82 Å². The summed E-state index contributed by atoms with van der Waals surface area (Å²) in [6.45, 7) is 11.2. The second kappa shape index (κ2) is 24.0. The van der Waals surface area contributed by atoms with Crippen LogP contribution in [0.3, 0.4) is 0 Å². The van der Waals surface area contributed by atoms with Crippen molar-refractivity contribution in [1.82, 2.24) is 30.5 Å². The third-order valence-electron chi connectivity index (χ3n) is 13.6. The summed E-state index contributed by atoms with van der Waals surface area (Å²) < 4.78 is 12.0. The molecule has 5 heterocycles. The number of benzene rings is 4. The lowest BCUT2D eigenvalue weighted by atomic mass is 9.93. The number of carbonyl (C=O) groups is 3. The number of fused-ring (bicyclic) bond motifs is 2. The Morgan fingerprint density at radius 3 is 1.91 bits per heavy atom. The summed E-state index contributed by atoms with van der Waals surface area (Å²) in [7, 11) is 0. The summed E-state index contributed by atoms with van der Waals surface area (Å²) in [5.41, 5.74) is 18.4. The number of amides is 3. The Kier molecular flexibility index (Phi) is 16.8. The van der Waals surface area contributed by atoms with Gasteiger partial charge in [-0.05, 0) is 140 Å². The lowest BCUT2D eigenvalue weighted by Gasteiger charge is -2.44. The van der Waals surface area contributed by atoms with Gasteiger partial charge < -0.3 is 40.9 Å². The summed E-state index contributed by atoms with van der Waals surface area (Å²) >= 11 is 13.4. The van der Waals surface area contributed by atoms with E-state index in [9.17, 15) is 19.5 Å². The highest BCUT2D eigenvalue weighted by Gasteiger charge is 2.36. The van der Waals surface area contributed by atoms with E-state index in [0.29, 0.717) is 96.2 Å². The first-order chi connectivity index (χ1) is 37.1. The first kappa shape index (κ1) is 54.0. The smallest absolute Gasteiger partial charge is 0.253 e. The molecule has 0 radical (unpaired) electrons. The Hall–Kier alpha value is -7.83. The van der Waals surface area contributed by atoms with Crippen LogP contribution >= 0.6 is 23.2 Å². The maximum absolute atomic E-state index is 13.7. The fraction of sp³-hybridized carbons (Fsp3) is 0.237. The maximum atomic E-state index is 13.7. The minimum absolute atomic E-state index is 0.0343. The van der Waals surface area contributed by atoms with Crippen molar-refractivity contribution in [3.05, 3.63) is 183 Å². The van der Waals surface area contributed by atoms with Crippen molar-refractivity contribution in [3.63, 3.8) is 0 Å². The minimum Gasteiger partial charge on any atom is -0.458 e. The van der Waals surface area contributed by atoms with Crippen molar-refractivity contribution in [2.75, 3.05) is 45.0 Å². The molecule has 396 valence electrons. The Morgan fingerprint density at radius 2 is 1.35 bits per heavy atom. The van der Waals surface area contributed by atoms with Crippen LogP contribution in [0.15, 0.2) is 159 Å². The zero-order valence-corrected chi connectivity index (χ0v) is 44.2. The summed E-state index contributed by atoms with van der Waals surface area (Å²) in [5.74, 6) is 1.19. The highest BCUT2D eigenvalue weighted by atomic mass is 35.5. The predicted molar refractivity (Wildman–Crippen MR) is 302 cm³/mol. The molecule has 1 atom stereocenters. The highest BCUT2D eigenvalue weighted by molar-refractivity contribution is 6.35. The van der Waals surface area contributed by atoms with Crippen LogP contribution in [-0.4, -0.2) is 94.3 Å². The monoisotopic (exact) mass is 1080 g/mol. The number of nitrogens with zero attached hydrogens (tertiary/aromatic N) is 5. The lowest BCUT2D eigenvalue weighted by Crippen LogP contribution is -2.53. The van der Waals surface area contributed by atoms with Crippen molar-refractivity contribution in [1.29, 1.82) is 0 Å². The molecule has 3 aromatic heterocycles. The summed E-state index contributed by atoms with van der Waals surface area (Å²) in [4.78, 5) is 56.8. The van der Waals surface area contributed by atoms with Crippen LogP contribution in [0.5, 0.6) is 0 Å². The number of halogens is 2. The molecule has 2 saturated heterocycles. The van der Waals surface area contributed by atoms with Crippen molar-refractivity contribution in [2.24, 2.45) is 10.7 Å². The molecule has 0 spiro atoms. The number of aliphatic imine (C=N–C) groups is 1. The standard InChI is InChI=1S/C59H59Cl2N9O7/c1-37(4-16-51(62)64-3)5-18-53(71)66-35-47-30-45-29-44(33-49(60)55(45)75-47)40-10-14-42(15-11-40)58(74)69-24-26-70(27-25-69)77-59(2)20-22-68(23-21-59)57(73)41-12-8-39(9-13-41)43-28-46-31-48(76-56(46)50(61)32-43)36-67-54(72)19-7-38-6-17-52(63)65-34-38/h4-19,28-34,58,74H,3,20-27,35-36,62H2,1-2H3,(H2,63,65)(H,66,71)(H,67,72)/b18-5+,19-7+,37-4+,51-16-. The number of nitrogen functional groups attached to an aromatic ring is 1. The molecule has 4 aromatic carbocycles. The number of hydrogen-bond acceptors (Lipinski definition) is 13. The molecule has 2 aliphatic rings. The number of aliphatic hydroxyl groups excluding tert-OH is 1. The summed E-state index contributed by atoms with van der Waals surface area (Å²) in [6, 6.07) is 30.1. The van der Waals surface area contributed by atoms with Gasteiger partial charge in [-0.3, -0.25) is 24.1 Å². The molecule has 1 unspecified atom stereocenters. The van der Waals surface area contributed by atoms with Gasteiger partial charge in [-0.2, -0.15) is 5.06 Å². The number of carbonyl (C=O) groups excluding carboxylic acids is 3. The normalized spacial score (nSPS) is 16.1. The molecule has 0 bridgehead atoms. The van der Waals surface area contributed by atoms with E-state index in [2.05, 4.69) is 34.3 Å². The molecule has 16 nitrogen and oxygen atoms in total. The topological polar surface area (TPSA) is 218 Å². The predicted octanol–water partition coefficient (Wildman–Crippen LogP) is 9.98. The van der Waals surface area contributed by atoms with E-state index < -0.39 is 11.8 Å². The Balaban J connectivity index is 0.716. The summed E-state index contributed by atoms with van der Waals surface area (Å²) in [6.07, 6.45) is 11.7. The molecule has 2 aliphatic heterocycles. The Labute approximate surface area is 455 Å². The summed E-state index contributed by atoms with van der Waals surface area (Å²) in [5, 5.41) is 21.6. The van der Waals surface area contributed by atoms with Gasteiger partial charge in [0.25, 0.3) is 5.91 Å². The van der Waals surface area contributed by atoms with E-state index in [1.54, 1.807) is 42.6 Å². The number of rotatable bonds is 17. The molecule has 77 heavy (non-hydrogen) atoms. The largest absolute Gasteiger partial charge is 0.458 e. The number of likely N-dealkylation sites (tertiary alicyclic amines) is 1. The molecule has 7 aromatic rings. The average Bonchev–Trinajstić information content (AvgIpc) is 4.08. The number of aliphatic hydroxyl groups is 1. The Morgan fingerprint density at radius 1 is 0.779 bits per heavy atom. The molecule has 18 heteroatoms. The number of hydroxylamine groups is 2. The molecule has 3 amide bonds. The van der Waals surface area contributed by atoms with E-state index in [4.69, 9.17) is 48.3 Å². The number of nitrogens with two attached hydrogens (primary N) is 2. The number of aromatic nitrogens is 1. The van der Waals surface area contributed by atoms with Gasteiger partial charge in [-0.1, -0.05) is 77.3 Å². The van der Waals surface area contributed by atoms with Crippen LogP contribution < -0.4 is 22.1 Å². The van der Waals surface area contributed by atoms with E-state index in [1.807, 2.05) is 107 Å². The SMILES string of the molecule is C=N\C(N)=C/C=C(C)/C=C/C(=O)NCc1cc2cc(-c3ccc(C(O)N4CCN(OC5(C)CCN(C(=O)c6ccc(-c7cc(Cl)c8oc(CNC(=O)/C=C/c9ccc(N)nc9)cc8c7)cc6)CC5)CC4)cc3)cc(Cl)c2o1. The quantitative estimate of drug-likeness (QED) is 0.0327. The van der Waals surface area contributed by atoms with Gasteiger partial charge in [0.05, 0.1) is 28.7 Å². The maximum Gasteiger partial charge on any atom is 0.253 e. The third kappa shape index (κ3) is 13.6. The van der Waals surface area contributed by atoms with Gasteiger partial charge in [0.2, 0.25) is 11.8 Å². The zero-order chi connectivity index (χ0) is 54.2. The second-order valence-electron chi connectivity index (χ2n) is 19.3. The first-order valence-corrected chi connectivity index (χ1v) is 25.9. The second-order valence-corrected chi connectivity index (χ2v) is 20.1. The number of piperazine rings is 1. The van der Waals surface area contributed by atoms with E-state index >= 15 is 0 Å². The van der Waals surface area contributed by atoms with E-state index in [1.165, 1.54) is 12.2 Å². The van der Waals surface area contributed by atoms with Crippen molar-refractivity contribution in [2.45, 2.75) is 51.6 Å². The Bertz CT molecular complexity index is 3420. The van der Waals surface area contributed by atoms with Crippen molar-refractivity contribution >= 4 is 81.5 Å². The number of anilines is 1. The minimum atomic E-state index is -0.796. The molecule has 7 N–H and O–H groups in total. The van der Waals surface area contributed by atoms with Crippen LogP contribution in [0.2, 0.25) is 10.0 Å². The fourth-order valence-electron chi connectivity index (χ4n) is 9.19. The van der Waals surface area contributed by atoms with E-state index in [-0.39, 0.29) is 36.6 Å². The number of nitrogens with one attached hydrogen (secondary N) is 2. The highest BCUT2D eigenvalue weighted by Crippen LogP contribution is 2.36.